The van der Waals surface area contributed by atoms with Gasteiger partial charge in [0.2, 0.25) is 5.88 Å². The minimum Gasteiger partial charge on any atom is -0.453 e. The number of hydrogen-bond donors (Lipinski definition) is 1. The molecule has 0 aromatic carbocycles. The molecule has 1 aliphatic rings. The van der Waals surface area contributed by atoms with Gasteiger partial charge in [-0.3, -0.25) is 5.32 Å². The number of alkyl carbamates (subject to hydrolysis) is 1. The van der Waals surface area contributed by atoms with Crippen molar-refractivity contribution in [2.45, 2.75) is 111 Å². The average Bonchev–Trinajstić information content (AvgIpc) is 3.09. The summed E-state index contributed by atoms with van der Waals surface area (Å²) < 4.78 is 30.0. The summed E-state index contributed by atoms with van der Waals surface area (Å²) in [5, 5.41) is 6.94. The third kappa shape index (κ3) is 7.11. The molecule has 2 rings (SSSR count). The molecule has 1 fully saturated rings. The Bertz CT molecular complexity index is 852. The van der Waals surface area contributed by atoms with Crippen LogP contribution in [0.15, 0.2) is 6.20 Å². The average molecular weight is 467 g/mol. The predicted octanol–water partition coefficient (Wildman–Crippen LogP) is 3.61. The molecule has 0 radical (unpaired) electrons. The number of nitrogens with one attached hydrogen (secondary N) is 1. The third-order valence-corrected chi connectivity index (χ3v) is 5.10. The van der Waals surface area contributed by atoms with Crippen molar-refractivity contribution in [3.8, 4) is 5.88 Å². The molecule has 0 saturated carbocycles. The van der Waals surface area contributed by atoms with E-state index in [1.165, 1.54) is 6.20 Å². The number of amides is 1. The second-order valence-electron chi connectivity index (χ2n) is 11.1. The highest BCUT2D eigenvalue weighted by Gasteiger charge is 2.53. The van der Waals surface area contributed by atoms with Gasteiger partial charge in [-0.05, 0) is 69.2 Å². The lowest BCUT2D eigenvalue weighted by atomic mass is 9.81. The molecule has 1 aromatic heterocycles. The van der Waals surface area contributed by atoms with Crippen LogP contribution in [0.3, 0.4) is 0 Å². The summed E-state index contributed by atoms with van der Waals surface area (Å²) in [7, 11) is -0.833. The Kier molecular flexibility index (Phi) is 7.50. The first-order valence-electron chi connectivity index (χ1n) is 11.2. The van der Waals surface area contributed by atoms with E-state index in [9.17, 15) is 9.59 Å². The standard InChI is InChI=1S/C22H38BN3O7/c1-12-15(24-17(27)30-19(2,3)4)29-16-14(23-32-21(8,9)22(10,11)33-23)13-26(25-16)18(28)31-20(5,6)7/h13,15H,12H2,1-11H3,(H,24,27). The van der Waals surface area contributed by atoms with E-state index in [-0.39, 0.29) is 5.88 Å². The molecule has 1 N–H and O–H groups in total. The summed E-state index contributed by atoms with van der Waals surface area (Å²) in [5.74, 6) is 0.0854. The zero-order valence-corrected chi connectivity index (χ0v) is 21.7. The van der Waals surface area contributed by atoms with Crippen LogP contribution >= 0.6 is 0 Å². The summed E-state index contributed by atoms with van der Waals surface area (Å²) in [6.07, 6.45) is -0.183. The van der Waals surface area contributed by atoms with Gasteiger partial charge in [0.05, 0.1) is 16.7 Å². The van der Waals surface area contributed by atoms with Gasteiger partial charge in [-0.25, -0.2) is 9.59 Å². The fourth-order valence-electron chi connectivity index (χ4n) is 2.79. The Hall–Kier alpha value is -2.27. The summed E-state index contributed by atoms with van der Waals surface area (Å²) in [5.41, 5.74) is -2.18. The summed E-state index contributed by atoms with van der Waals surface area (Å²) >= 11 is 0. The first kappa shape index (κ1) is 27.0. The summed E-state index contributed by atoms with van der Waals surface area (Å²) in [4.78, 5) is 24.9. The topological polar surface area (TPSA) is 110 Å². The fourth-order valence-corrected chi connectivity index (χ4v) is 2.79. The number of nitrogens with zero attached hydrogens (tertiary/aromatic N) is 2. The maximum Gasteiger partial charge on any atom is 0.502 e. The minimum atomic E-state index is -0.833. The van der Waals surface area contributed by atoms with Crippen molar-refractivity contribution in [2.24, 2.45) is 0 Å². The first-order valence-corrected chi connectivity index (χ1v) is 11.2. The highest BCUT2D eigenvalue weighted by molar-refractivity contribution is 6.63. The fraction of sp³-hybridized carbons (Fsp3) is 0.773. The predicted molar refractivity (Wildman–Crippen MR) is 124 cm³/mol. The first-order chi connectivity index (χ1) is 14.8. The lowest BCUT2D eigenvalue weighted by Crippen LogP contribution is -2.43. The van der Waals surface area contributed by atoms with E-state index in [0.717, 1.165) is 4.68 Å². The molecule has 1 saturated heterocycles. The van der Waals surface area contributed by atoms with Crippen molar-refractivity contribution < 1.29 is 33.1 Å². The van der Waals surface area contributed by atoms with Crippen LogP contribution in [0.25, 0.3) is 0 Å². The Morgan fingerprint density at radius 2 is 1.58 bits per heavy atom. The molecule has 2 heterocycles. The molecule has 11 heteroatoms. The van der Waals surface area contributed by atoms with Crippen LogP contribution in [0.2, 0.25) is 0 Å². The Morgan fingerprint density at radius 1 is 1.06 bits per heavy atom. The van der Waals surface area contributed by atoms with E-state index >= 15 is 0 Å². The second kappa shape index (κ2) is 9.17. The highest BCUT2D eigenvalue weighted by atomic mass is 16.7. The van der Waals surface area contributed by atoms with Crippen LogP contribution in [-0.4, -0.2) is 57.7 Å². The monoisotopic (exact) mass is 467 g/mol. The number of carbonyl (C=O) groups excluding carboxylic acids is 2. The van der Waals surface area contributed by atoms with Crippen molar-refractivity contribution in [2.75, 3.05) is 0 Å². The van der Waals surface area contributed by atoms with Gasteiger partial charge in [0, 0.05) is 12.6 Å². The smallest absolute Gasteiger partial charge is 0.453 e. The molecule has 1 amide bonds. The quantitative estimate of drug-likeness (QED) is 0.517. The van der Waals surface area contributed by atoms with E-state index in [1.807, 2.05) is 34.6 Å². The minimum absolute atomic E-state index is 0.0854. The van der Waals surface area contributed by atoms with Crippen LogP contribution in [-0.2, 0) is 18.8 Å². The van der Waals surface area contributed by atoms with Gasteiger partial charge in [0.25, 0.3) is 0 Å². The van der Waals surface area contributed by atoms with Crippen molar-refractivity contribution in [3.05, 3.63) is 6.20 Å². The number of hydrogen-bond acceptors (Lipinski definition) is 8. The van der Waals surface area contributed by atoms with Gasteiger partial charge in [-0.1, -0.05) is 6.92 Å². The molecule has 0 aliphatic carbocycles. The van der Waals surface area contributed by atoms with Crippen molar-refractivity contribution in [1.29, 1.82) is 0 Å². The van der Waals surface area contributed by atoms with Gasteiger partial charge in [-0.15, -0.1) is 5.10 Å². The van der Waals surface area contributed by atoms with E-state index in [4.69, 9.17) is 23.5 Å². The van der Waals surface area contributed by atoms with Crippen LogP contribution in [0.5, 0.6) is 5.88 Å². The van der Waals surface area contributed by atoms with Crippen LogP contribution in [0.1, 0.15) is 82.6 Å². The second-order valence-corrected chi connectivity index (χ2v) is 11.1. The zero-order chi connectivity index (χ0) is 25.4. The molecule has 1 aliphatic heterocycles. The van der Waals surface area contributed by atoms with Crippen molar-refractivity contribution in [1.82, 2.24) is 15.1 Å². The summed E-state index contributed by atoms with van der Waals surface area (Å²) in [6.45, 7) is 20.1. The Balaban J connectivity index is 2.34. The van der Waals surface area contributed by atoms with Crippen molar-refractivity contribution >= 4 is 24.8 Å². The molecule has 10 nitrogen and oxygen atoms in total. The van der Waals surface area contributed by atoms with Crippen LogP contribution in [0, 0.1) is 0 Å². The molecular formula is C22H38BN3O7. The molecule has 1 aromatic rings. The van der Waals surface area contributed by atoms with E-state index in [0.29, 0.717) is 11.9 Å². The van der Waals surface area contributed by atoms with Gasteiger partial charge in [-0.2, -0.15) is 4.68 Å². The SMILES string of the molecule is CCC(NC(=O)OC(C)(C)C)Oc1nn(C(=O)OC(C)(C)C)cc1B1OC(C)(C)C(C)(C)O1. The maximum atomic E-state index is 12.6. The molecular weight excluding hydrogens is 429 g/mol. The Morgan fingerprint density at radius 3 is 2.03 bits per heavy atom. The highest BCUT2D eigenvalue weighted by Crippen LogP contribution is 2.37. The molecule has 33 heavy (non-hydrogen) atoms. The van der Waals surface area contributed by atoms with Gasteiger partial charge >= 0.3 is 19.3 Å². The molecule has 0 spiro atoms. The number of ether oxygens (including phenoxy) is 3. The van der Waals surface area contributed by atoms with Gasteiger partial charge in [0.15, 0.2) is 6.23 Å². The number of rotatable bonds is 5. The number of aromatic nitrogens is 2. The zero-order valence-electron chi connectivity index (χ0n) is 21.7. The van der Waals surface area contributed by atoms with Crippen LogP contribution in [0.4, 0.5) is 9.59 Å². The normalized spacial score (nSPS) is 18.6. The van der Waals surface area contributed by atoms with Gasteiger partial charge in [0.1, 0.15) is 11.2 Å². The van der Waals surface area contributed by atoms with E-state index < -0.39 is 47.9 Å². The number of carbonyl (C=O) groups is 2. The molecule has 1 unspecified atom stereocenters. The molecule has 0 bridgehead atoms. The van der Waals surface area contributed by atoms with Crippen LogP contribution < -0.4 is 15.5 Å². The lowest BCUT2D eigenvalue weighted by molar-refractivity contribution is 0.00578. The third-order valence-electron chi connectivity index (χ3n) is 5.10. The van der Waals surface area contributed by atoms with Gasteiger partial charge < -0.3 is 23.5 Å². The van der Waals surface area contributed by atoms with E-state index in [1.54, 1.807) is 41.5 Å². The molecule has 1 atom stereocenters. The van der Waals surface area contributed by atoms with Crippen molar-refractivity contribution in [3.63, 3.8) is 0 Å². The summed E-state index contributed by atoms with van der Waals surface area (Å²) in [6, 6.07) is 0. The molecule has 186 valence electrons. The largest absolute Gasteiger partial charge is 0.502 e. The lowest BCUT2D eigenvalue weighted by Gasteiger charge is -2.32. The Labute approximate surface area is 196 Å². The van der Waals surface area contributed by atoms with E-state index in [2.05, 4.69) is 10.4 Å². The maximum absolute atomic E-state index is 12.6.